The minimum atomic E-state index is 0.0299. The number of hydrogen-bond acceptors (Lipinski definition) is 6. The van der Waals surface area contributed by atoms with E-state index < -0.39 is 0 Å². The van der Waals surface area contributed by atoms with E-state index in [1.807, 2.05) is 13.0 Å². The Hall–Kier alpha value is -2.46. The second-order valence-corrected chi connectivity index (χ2v) is 6.14. The number of halogens is 1. The van der Waals surface area contributed by atoms with Crippen LogP contribution in [-0.2, 0) is 0 Å². The van der Waals surface area contributed by atoms with Gasteiger partial charge >= 0.3 is 0 Å². The number of H-pyrrole nitrogens is 2. The number of ether oxygens (including phenoxy) is 1. The lowest BCUT2D eigenvalue weighted by Crippen LogP contribution is -1.96. The summed E-state index contributed by atoms with van der Waals surface area (Å²) < 4.78 is 7.43. The Morgan fingerprint density at radius 1 is 1.33 bits per heavy atom. The van der Waals surface area contributed by atoms with Crippen molar-refractivity contribution in [3.8, 4) is 23.0 Å². The summed E-state index contributed by atoms with van der Waals surface area (Å²) in [5.74, 6) is 0.859. The smallest absolute Gasteiger partial charge is 0.216 e. The van der Waals surface area contributed by atoms with E-state index in [-0.39, 0.29) is 5.75 Å². The number of nitrogens with zero attached hydrogens (tertiary/aromatic N) is 4. The molecule has 1 aromatic carbocycles. The van der Waals surface area contributed by atoms with Crippen LogP contribution in [0.4, 0.5) is 0 Å². The van der Waals surface area contributed by atoms with E-state index in [0.717, 1.165) is 5.69 Å². The standard InChI is InChI=1S/C14H13BrN6O2S/c1-7-3-10(18-17-7)13-19-20-14(24)21(13)16-6-8-4-9(15)12(22)11(5-8)23-2/h3-6,22H,1-2H3,(H,17,18)(H,20,24). The number of methoxy groups -OCH3 is 1. The van der Waals surface area contributed by atoms with Gasteiger partial charge in [-0.3, -0.25) is 5.10 Å². The third-order valence-electron chi connectivity index (χ3n) is 3.18. The Kier molecular flexibility index (Phi) is 4.49. The molecule has 0 aliphatic rings. The van der Waals surface area contributed by atoms with Crippen molar-refractivity contribution in [3.05, 3.63) is 38.7 Å². The molecule has 0 saturated carbocycles. The maximum atomic E-state index is 9.85. The van der Waals surface area contributed by atoms with Gasteiger partial charge in [-0.15, -0.1) is 0 Å². The molecule has 3 N–H and O–H groups in total. The predicted octanol–water partition coefficient (Wildman–Crippen LogP) is 3.00. The number of aromatic amines is 2. The number of benzene rings is 1. The lowest BCUT2D eigenvalue weighted by atomic mass is 10.2. The Labute approximate surface area is 150 Å². The molecule has 0 spiro atoms. The van der Waals surface area contributed by atoms with Gasteiger partial charge in [0, 0.05) is 5.69 Å². The van der Waals surface area contributed by atoms with Crippen molar-refractivity contribution in [2.75, 3.05) is 7.11 Å². The summed E-state index contributed by atoms with van der Waals surface area (Å²) in [6.45, 7) is 1.89. The van der Waals surface area contributed by atoms with E-state index in [1.54, 1.807) is 18.3 Å². The van der Waals surface area contributed by atoms with Crippen molar-refractivity contribution in [2.24, 2.45) is 5.10 Å². The fourth-order valence-electron chi connectivity index (χ4n) is 2.05. The molecule has 2 aromatic heterocycles. The summed E-state index contributed by atoms with van der Waals surface area (Å²) in [4.78, 5) is 0. The molecule has 8 nitrogen and oxygen atoms in total. The van der Waals surface area contributed by atoms with E-state index in [4.69, 9.17) is 17.0 Å². The number of phenols is 1. The number of rotatable bonds is 4. The Balaban J connectivity index is 2.00. The van der Waals surface area contributed by atoms with Gasteiger partial charge in [0.15, 0.2) is 11.5 Å². The summed E-state index contributed by atoms with van der Waals surface area (Å²) in [7, 11) is 1.48. The molecule has 0 bridgehead atoms. The van der Waals surface area contributed by atoms with Gasteiger partial charge in [0.1, 0.15) is 5.69 Å². The molecule has 0 radical (unpaired) electrons. The van der Waals surface area contributed by atoms with Crippen LogP contribution in [0.5, 0.6) is 11.5 Å². The molecular weight excluding hydrogens is 396 g/mol. The summed E-state index contributed by atoms with van der Waals surface area (Å²) in [5, 5.41) is 28.1. The van der Waals surface area contributed by atoms with Crippen molar-refractivity contribution in [3.63, 3.8) is 0 Å². The van der Waals surface area contributed by atoms with Crippen LogP contribution in [0, 0.1) is 11.7 Å². The minimum Gasteiger partial charge on any atom is -0.503 e. The van der Waals surface area contributed by atoms with Crippen LogP contribution in [-0.4, -0.2) is 43.5 Å². The lowest BCUT2D eigenvalue weighted by Gasteiger charge is -2.06. The van der Waals surface area contributed by atoms with E-state index in [1.165, 1.54) is 11.8 Å². The van der Waals surface area contributed by atoms with Crippen molar-refractivity contribution < 1.29 is 9.84 Å². The number of aromatic hydroxyl groups is 1. The molecule has 3 rings (SSSR count). The number of nitrogens with one attached hydrogen (secondary N) is 2. The predicted molar refractivity (Wildman–Crippen MR) is 95.1 cm³/mol. The van der Waals surface area contributed by atoms with Crippen LogP contribution in [0.3, 0.4) is 0 Å². The minimum absolute atomic E-state index is 0.0299. The normalized spacial score (nSPS) is 11.3. The molecule has 0 unspecified atom stereocenters. The first-order chi connectivity index (χ1) is 11.5. The zero-order valence-electron chi connectivity index (χ0n) is 12.7. The average molecular weight is 409 g/mol. The maximum Gasteiger partial charge on any atom is 0.216 e. The van der Waals surface area contributed by atoms with Crippen LogP contribution < -0.4 is 4.74 Å². The molecule has 0 saturated heterocycles. The fourth-order valence-corrected chi connectivity index (χ4v) is 2.68. The molecule has 0 fully saturated rings. The quantitative estimate of drug-likeness (QED) is 0.454. The van der Waals surface area contributed by atoms with Gasteiger partial charge < -0.3 is 9.84 Å². The van der Waals surface area contributed by atoms with Crippen LogP contribution in [0.1, 0.15) is 11.3 Å². The molecule has 2 heterocycles. The number of aryl methyl sites for hydroxylation is 1. The van der Waals surface area contributed by atoms with Crippen molar-refractivity contribution in [1.82, 2.24) is 25.1 Å². The molecule has 124 valence electrons. The molecular formula is C14H13BrN6O2S. The van der Waals surface area contributed by atoms with Crippen molar-refractivity contribution in [2.45, 2.75) is 6.92 Å². The van der Waals surface area contributed by atoms with Gasteiger partial charge in [0.2, 0.25) is 10.6 Å². The summed E-state index contributed by atoms with van der Waals surface area (Å²) in [6.07, 6.45) is 1.58. The van der Waals surface area contributed by atoms with E-state index in [0.29, 0.717) is 32.1 Å². The second-order valence-electron chi connectivity index (χ2n) is 4.90. The highest BCUT2D eigenvalue weighted by Gasteiger charge is 2.12. The third kappa shape index (κ3) is 3.10. The molecule has 10 heteroatoms. The van der Waals surface area contributed by atoms with Crippen molar-refractivity contribution in [1.29, 1.82) is 0 Å². The molecule has 0 amide bonds. The van der Waals surface area contributed by atoms with Gasteiger partial charge in [-0.1, -0.05) is 0 Å². The SMILES string of the molecule is COc1cc(C=Nn2c(-c3cc(C)[nH]n3)n[nH]c2=S)cc(Br)c1O. The van der Waals surface area contributed by atoms with Gasteiger partial charge in [0.05, 0.1) is 17.8 Å². The Morgan fingerprint density at radius 3 is 2.79 bits per heavy atom. The molecule has 0 atom stereocenters. The summed E-state index contributed by atoms with van der Waals surface area (Å²) in [6, 6.07) is 5.21. The topological polar surface area (TPSA) is 104 Å². The van der Waals surface area contributed by atoms with Crippen molar-refractivity contribution >= 4 is 34.4 Å². The van der Waals surface area contributed by atoms with Gasteiger partial charge in [-0.05, 0) is 58.8 Å². The highest BCUT2D eigenvalue weighted by atomic mass is 79.9. The largest absolute Gasteiger partial charge is 0.503 e. The van der Waals surface area contributed by atoms with Crippen LogP contribution >= 0.6 is 28.1 Å². The monoisotopic (exact) mass is 408 g/mol. The first-order valence-electron chi connectivity index (χ1n) is 6.80. The molecule has 0 aliphatic carbocycles. The first kappa shape index (κ1) is 16.4. The maximum absolute atomic E-state index is 9.85. The third-order valence-corrected chi connectivity index (χ3v) is 4.05. The van der Waals surface area contributed by atoms with Crippen LogP contribution in [0.25, 0.3) is 11.5 Å². The van der Waals surface area contributed by atoms with Crippen LogP contribution in [0.15, 0.2) is 27.8 Å². The van der Waals surface area contributed by atoms with Gasteiger partial charge in [-0.25, -0.2) is 5.10 Å². The second kappa shape index (κ2) is 6.57. The zero-order chi connectivity index (χ0) is 17.3. The number of hydrogen-bond donors (Lipinski definition) is 3. The Bertz CT molecular complexity index is 974. The van der Waals surface area contributed by atoms with E-state index in [9.17, 15) is 5.11 Å². The molecule has 24 heavy (non-hydrogen) atoms. The average Bonchev–Trinajstić information content (AvgIpc) is 3.14. The first-order valence-corrected chi connectivity index (χ1v) is 8.00. The lowest BCUT2D eigenvalue weighted by molar-refractivity contribution is 0.372. The fraction of sp³-hybridized carbons (Fsp3) is 0.143. The van der Waals surface area contributed by atoms with E-state index >= 15 is 0 Å². The zero-order valence-corrected chi connectivity index (χ0v) is 15.1. The Morgan fingerprint density at radius 2 is 2.12 bits per heavy atom. The highest BCUT2D eigenvalue weighted by Crippen LogP contribution is 2.34. The molecule has 0 aliphatic heterocycles. The number of aromatic nitrogens is 5. The molecule has 3 aromatic rings. The summed E-state index contributed by atoms with van der Waals surface area (Å²) >= 11 is 8.48. The van der Waals surface area contributed by atoms with Gasteiger partial charge in [0.25, 0.3) is 0 Å². The van der Waals surface area contributed by atoms with Crippen LogP contribution in [0.2, 0.25) is 0 Å². The van der Waals surface area contributed by atoms with E-state index in [2.05, 4.69) is 41.4 Å². The highest BCUT2D eigenvalue weighted by molar-refractivity contribution is 9.10. The number of phenolic OH excluding ortho intramolecular Hbond substituents is 1. The van der Waals surface area contributed by atoms with Gasteiger partial charge in [-0.2, -0.15) is 20.0 Å². The summed E-state index contributed by atoms with van der Waals surface area (Å²) in [5.41, 5.74) is 2.24.